The van der Waals surface area contributed by atoms with Gasteiger partial charge < -0.3 is 10.2 Å². The topological polar surface area (TPSA) is 39.2 Å². The maximum absolute atomic E-state index is 5.96. The number of nitrogens with two attached hydrogens (primary N) is 1. The molecule has 0 bridgehead atoms. The van der Waals surface area contributed by atoms with Crippen molar-refractivity contribution >= 4 is 26.9 Å². The fourth-order valence-corrected chi connectivity index (χ4v) is 1.81. The molecule has 3 heteroatoms. The first-order chi connectivity index (χ1) is 6.48. The number of hydrogen-bond acceptors (Lipinski definition) is 2. The lowest BCUT2D eigenvalue weighted by atomic mass is 10.0. The van der Waals surface area contributed by atoms with E-state index in [0.717, 1.165) is 21.2 Å². The highest BCUT2D eigenvalue weighted by molar-refractivity contribution is 9.10. The molecule has 0 atom stereocenters. The van der Waals surface area contributed by atoms with Crippen LogP contribution in [-0.2, 0) is 5.54 Å². The summed E-state index contributed by atoms with van der Waals surface area (Å²) in [5.74, 6) is 0.805. The second-order valence-electron chi connectivity index (χ2n) is 3.98. The predicted octanol–water partition coefficient (Wildman–Crippen LogP) is 3.39. The zero-order valence-electron chi connectivity index (χ0n) is 8.17. The largest absolute Gasteiger partial charge is 0.459 e. The Bertz CT molecular complexity index is 468. The molecule has 1 heterocycles. The van der Waals surface area contributed by atoms with Gasteiger partial charge in [0, 0.05) is 9.86 Å². The molecule has 0 aliphatic carbocycles. The third kappa shape index (κ3) is 1.57. The molecule has 1 aromatic carbocycles. The van der Waals surface area contributed by atoms with Gasteiger partial charge in [-0.15, -0.1) is 0 Å². The molecule has 2 N–H and O–H groups in total. The molecule has 0 saturated heterocycles. The van der Waals surface area contributed by atoms with Crippen molar-refractivity contribution in [3.05, 3.63) is 34.5 Å². The molecular formula is C11H12BrNO. The molecule has 74 valence electrons. The number of fused-ring (bicyclic) bond motifs is 1. The Kier molecular flexibility index (Phi) is 2.16. The van der Waals surface area contributed by atoms with E-state index in [1.165, 1.54) is 0 Å². The van der Waals surface area contributed by atoms with Gasteiger partial charge in [0.05, 0.1) is 5.54 Å². The summed E-state index contributed by atoms with van der Waals surface area (Å²) in [4.78, 5) is 0. The molecule has 0 saturated carbocycles. The van der Waals surface area contributed by atoms with Crippen LogP contribution in [0.2, 0.25) is 0 Å². The van der Waals surface area contributed by atoms with Gasteiger partial charge in [-0.25, -0.2) is 0 Å². The van der Waals surface area contributed by atoms with Gasteiger partial charge in [-0.1, -0.05) is 22.0 Å². The van der Waals surface area contributed by atoms with Crippen molar-refractivity contribution in [1.29, 1.82) is 0 Å². The van der Waals surface area contributed by atoms with Crippen LogP contribution in [0.15, 0.2) is 33.2 Å². The van der Waals surface area contributed by atoms with Crippen LogP contribution in [0.25, 0.3) is 11.0 Å². The number of rotatable bonds is 1. The van der Waals surface area contributed by atoms with Gasteiger partial charge in [-0.2, -0.15) is 0 Å². The zero-order valence-corrected chi connectivity index (χ0v) is 9.76. The lowest BCUT2D eigenvalue weighted by molar-refractivity contribution is 0.413. The number of furan rings is 1. The first-order valence-electron chi connectivity index (χ1n) is 4.46. The Labute approximate surface area is 91.2 Å². The predicted molar refractivity (Wildman–Crippen MR) is 61.1 cm³/mol. The smallest absolute Gasteiger partial charge is 0.135 e. The lowest BCUT2D eigenvalue weighted by Gasteiger charge is -2.13. The Morgan fingerprint density at radius 2 is 2.07 bits per heavy atom. The van der Waals surface area contributed by atoms with E-state index < -0.39 is 5.54 Å². The third-order valence-electron chi connectivity index (χ3n) is 2.14. The average Bonchev–Trinajstić information content (AvgIpc) is 2.48. The van der Waals surface area contributed by atoms with Crippen molar-refractivity contribution in [3.63, 3.8) is 0 Å². The first-order valence-corrected chi connectivity index (χ1v) is 5.25. The minimum absolute atomic E-state index is 0.432. The first kappa shape index (κ1) is 9.74. The van der Waals surface area contributed by atoms with Crippen molar-refractivity contribution in [2.75, 3.05) is 0 Å². The van der Waals surface area contributed by atoms with Gasteiger partial charge >= 0.3 is 0 Å². The fourth-order valence-electron chi connectivity index (χ4n) is 1.34. The molecule has 0 aliphatic rings. The summed E-state index contributed by atoms with van der Waals surface area (Å²) in [5.41, 5.74) is 6.40. The number of halogens is 1. The van der Waals surface area contributed by atoms with Crippen LogP contribution in [0, 0.1) is 0 Å². The van der Waals surface area contributed by atoms with E-state index >= 15 is 0 Å². The Morgan fingerprint density at radius 1 is 1.36 bits per heavy atom. The van der Waals surface area contributed by atoms with Gasteiger partial charge in [-0.05, 0) is 32.0 Å². The fraction of sp³-hybridized carbons (Fsp3) is 0.273. The Hall–Kier alpha value is -0.800. The van der Waals surface area contributed by atoms with Crippen LogP contribution >= 0.6 is 15.9 Å². The third-order valence-corrected chi connectivity index (χ3v) is 2.83. The standard InChI is InChI=1S/C11H12BrNO/c1-11(2,13)10-6-7-8(12)4-3-5-9(7)14-10/h3-6H,13H2,1-2H3. The van der Waals surface area contributed by atoms with E-state index in [4.69, 9.17) is 10.2 Å². The van der Waals surface area contributed by atoms with Crippen LogP contribution in [0.5, 0.6) is 0 Å². The van der Waals surface area contributed by atoms with Crippen LogP contribution in [0.4, 0.5) is 0 Å². The molecular weight excluding hydrogens is 242 g/mol. The minimum Gasteiger partial charge on any atom is -0.459 e. The number of benzene rings is 1. The summed E-state index contributed by atoms with van der Waals surface area (Å²) in [5, 5.41) is 1.07. The maximum Gasteiger partial charge on any atom is 0.135 e. The highest BCUT2D eigenvalue weighted by atomic mass is 79.9. The highest BCUT2D eigenvalue weighted by Gasteiger charge is 2.19. The quantitative estimate of drug-likeness (QED) is 0.847. The summed E-state index contributed by atoms with van der Waals surface area (Å²) in [7, 11) is 0. The summed E-state index contributed by atoms with van der Waals surface area (Å²) in [6, 6.07) is 7.86. The van der Waals surface area contributed by atoms with Crippen molar-refractivity contribution < 1.29 is 4.42 Å². The lowest BCUT2D eigenvalue weighted by Crippen LogP contribution is -2.27. The molecule has 0 fully saturated rings. The van der Waals surface area contributed by atoms with E-state index in [1.807, 2.05) is 38.1 Å². The molecule has 2 nitrogen and oxygen atoms in total. The Balaban J connectivity index is 2.69. The van der Waals surface area contributed by atoms with E-state index in [2.05, 4.69) is 15.9 Å². The maximum atomic E-state index is 5.96. The molecule has 0 aliphatic heterocycles. The van der Waals surface area contributed by atoms with Crippen molar-refractivity contribution in [2.24, 2.45) is 5.73 Å². The monoisotopic (exact) mass is 253 g/mol. The van der Waals surface area contributed by atoms with Crippen molar-refractivity contribution in [2.45, 2.75) is 19.4 Å². The summed E-state index contributed by atoms with van der Waals surface area (Å²) in [6.45, 7) is 3.86. The molecule has 2 aromatic rings. The molecule has 1 aromatic heterocycles. The van der Waals surface area contributed by atoms with Gasteiger partial charge in [0.1, 0.15) is 11.3 Å². The van der Waals surface area contributed by atoms with Crippen LogP contribution in [-0.4, -0.2) is 0 Å². The second-order valence-corrected chi connectivity index (χ2v) is 4.84. The average molecular weight is 254 g/mol. The molecule has 0 spiro atoms. The van der Waals surface area contributed by atoms with Crippen molar-refractivity contribution in [3.8, 4) is 0 Å². The Morgan fingerprint density at radius 3 is 2.64 bits per heavy atom. The van der Waals surface area contributed by atoms with E-state index in [9.17, 15) is 0 Å². The van der Waals surface area contributed by atoms with E-state index in [-0.39, 0.29) is 0 Å². The zero-order chi connectivity index (χ0) is 10.3. The minimum atomic E-state index is -0.432. The molecule has 0 amide bonds. The summed E-state index contributed by atoms with van der Waals surface area (Å²) >= 11 is 3.48. The van der Waals surface area contributed by atoms with Gasteiger partial charge in [-0.3, -0.25) is 0 Å². The van der Waals surface area contributed by atoms with E-state index in [0.29, 0.717) is 0 Å². The van der Waals surface area contributed by atoms with Crippen LogP contribution in [0.1, 0.15) is 19.6 Å². The van der Waals surface area contributed by atoms with Crippen LogP contribution < -0.4 is 5.73 Å². The SMILES string of the molecule is CC(C)(N)c1cc2c(Br)cccc2o1. The van der Waals surface area contributed by atoms with Crippen molar-refractivity contribution in [1.82, 2.24) is 0 Å². The van der Waals surface area contributed by atoms with Gasteiger partial charge in [0.25, 0.3) is 0 Å². The molecule has 0 unspecified atom stereocenters. The van der Waals surface area contributed by atoms with Gasteiger partial charge in [0.2, 0.25) is 0 Å². The molecule has 0 radical (unpaired) electrons. The second kappa shape index (κ2) is 3.11. The van der Waals surface area contributed by atoms with Crippen LogP contribution in [0.3, 0.4) is 0 Å². The normalized spacial score (nSPS) is 12.3. The molecule has 14 heavy (non-hydrogen) atoms. The number of hydrogen-bond donors (Lipinski definition) is 1. The van der Waals surface area contributed by atoms with Gasteiger partial charge in [0.15, 0.2) is 0 Å². The highest BCUT2D eigenvalue weighted by Crippen LogP contribution is 2.30. The summed E-state index contributed by atoms with van der Waals surface area (Å²) in [6.07, 6.45) is 0. The van der Waals surface area contributed by atoms with E-state index in [1.54, 1.807) is 0 Å². The molecule has 2 rings (SSSR count). The summed E-state index contributed by atoms with van der Waals surface area (Å²) < 4.78 is 6.69.